The van der Waals surface area contributed by atoms with Gasteiger partial charge < -0.3 is 29.6 Å². The van der Waals surface area contributed by atoms with Gasteiger partial charge in [-0.1, -0.05) is 0 Å². The Labute approximate surface area is 160 Å². The van der Waals surface area contributed by atoms with E-state index in [1.54, 1.807) is 54.2 Å². The first-order valence-electron chi connectivity index (χ1n) is 8.72. The van der Waals surface area contributed by atoms with Gasteiger partial charge in [0, 0.05) is 31.1 Å². The van der Waals surface area contributed by atoms with Crippen LogP contribution in [0.1, 0.15) is 39.2 Å². The van der Waals surface area contributed by atoms with Crippen LogP contribution in [0.2, 0.25) is 0 Å². The Kier molecular flexibility index (Phi) is 8.71. The number of hydrogen-bond acceptors (Lipinski definition) is 6. The zero-order chi connectivity index (χ0) is 20.4. The molecular formula is C19H30N2O6. The van der Waals surface area contributed by atoms with Gasteiger partial charge in [-0.2, -0.15) is 0 Å². The lowest BCUT2D eigenvalue weighted by atomic mass is 10.1. The summed E-state index contributed by atoms with van der Waals surface area (Å²) in [5.74, 6) is 1.58. The molecule has 1 aromatic rings. The van der Waals surface area contributed by atoms with Gasteiger partial charge in [0.25, 0.3) is 0 Å². The number of carbonyl (C=O) groups is 2. The van der Waals surface area contributed by atoms with Crippen molar-refractivity contribution in [2.24, 2.45) is 0 Å². The van der Waals surface area contributed by atoms with Gasteiger partial charge in [0.15, 0.2) is 11.5 Å². The molecule has 2 amide bonds. The lowest BCUT2D eigenvalue weighted by molar-refractivity contribution is -0.121. The highest BCUT2D eigenvalue weighted by Crippen LogP contribution is 2.34. The number of methoxy groups -OCH3 is 3. The number of rotatable bonds is 9. The van der Waals surface area contributed by atoms with Gasteiger partial charge in [0.1, 0.15) is 11.4 Å². The molecule has 0 bridgehead atoms. The molecule has 0 atom stereocenters. The minimum Gasteiger partial charge on any atom is -0.496 e. The van der Waals surface area contributed by atoms with Gasteiger partial charge in [-0.05, 0) is 33.3 Å². The zero-order valence-corrected chi connectivity index (χ0v) is 16.9. The summed E-state index contributed by atoms with van der Waals surface area (Å²) in [6.07, 6.45) is 0.303. The third kappa shape index (κ3) is 8.06. The highest BCUT2D eigenvalue weighted by atomic mass is 16.6. The average Bonchev–Trinajstić information content (AvgIpc) is 2.61. The molecule has 27 heavy (non-hydrogen) atoms. The topological polar surface area (TPSA) is 95.1 Å². The predicted octanol–water partition coefficient (Wildman–Crippen LogP) is 2.63. The van der Waals surface area contributed by atoms with Crippen LogP contribution in [-0.4, -0.2) is 45.5 Å². The number of amides is 2. The molecular weight excluding hydrogens is 352 g/mol. The molecule has 2 N–H and O–H groups in total. The highest BCUT2D eigenvalue weighted by Gasteiger charge is 2.16. The lowest BCUT2D eigenvalue weighted by Crippen LogP contribution is -2.33. The van der Waals surface area contributed by atoms with Gasteiger partial charge in [0.2, 0.25) is 5.91 Å². The molecule has 8 nitrogen and oxygen atoms in total. The Morgan fingerprint density at radius 2 is 1.52 bits per heavy atom. The summed E-state index contributed by atoms with van der Waals surface area (Å²) in [5, 5.41) is 5.45. The van der Waals surface area contributed by atoms with E-state index in [4.69, 9.17) is 18.9 Å². The van der Waals surface area contributed by atoms with E-state index in [-0.39, 0.29) is 12.3 Å². The molecule has 0 unspecified atom stereocenters. The second-order valence-electron chi connectivity index (χ2n) is 6.83. The van der Waals surface area contributed by atoms with E-state index in [0.29, 0.717) is 36.8 Å². The standard InChI is InChI=1S/C19H30N2O6/c1-19(2,3)27-18(23)20-9-7-8-17(22)21-12-13-10-15(25-5)16(26-6)11-14(13)24-4/h10-11H,7-9,12H2,1-6H3,(H,20,23)(H,21,22). The summed E-state index contributed by atoms with van der Waals surface area (Å²) in [6.45, 7) is 6.04. The minimum atomic E-state index is -0.542. The molecule has 0 aliphatic heterocycles. The quantitative estimate of drug-likeness (QED) is 0.638. The second-order valence-corrected chi connectivity index (χ2v) is 6.83. The van der Waals surface area contributed by atoms with Gasteiger partial charge in [-0.25, -0.2) is 4.79 Å². The van der Waals surface area contributed by atoms with Crippen molar-refractivity contribution in [3.05, 3.63) is 17.7 Å². The molecule has 0 spiro atoms. The van der Waals surface area contributed by atoms with E-state index in [0.717, 1.165) is 5.56 Å². The summed E-state index contributed by atoms with van der Waals surface area (Å²) in [5.41, 5.74) is 0.232. The maximum atomic E-state index is 12.0. The Bertz CT molecular complexity index is 640. The monoisotopic (exact) mass is 382 g/mol. The van der Waals surface area contributed by atoms with Gasteiger partial charge in [-0.15, -0.1) is 0 Å². The van der Waals surface area contributed by atoms with Crippen LogP contribution >= 0.6 is 0 Å². The highest BCUT2D eigenvalue weighted by molar-refractivity contribution is 5.76. The van der Waals surface area contributed by atoms with Crippen LogP contribution in [-0.2, 0) is 16.1 Å². The van der Waals surface area contributed by atoms with Crippen LogP contribution in [0.3, 0.4) is 0 Å². The van der Waals surface area contributed by atoms with Crippen LogP contribution in [0.5, 0.6) is 17.2 Å². The minimum absolute atomic E-state index is 0.127. The Balaban J connectivity index is 2.45. The second kappa shape index (κ2) is 10.5. The van der Waals surface area contributed by atoms with Crippen molar-refractivity contribution >= 4 is 12.0 Å². The summed E-state index contributed by atoms with van der Waals surface area (Å²) in [4.78, 5) is 23.5. The first-order valence-corrected chi connectivity index (χ1v) is 8.72. The van der Waals surface area contributed by atoms with Crippen molar-refractivity contribution in [1.82, 2.24) is 10.6 Å². The van der Waals surface area contributed by atoms with Gasteiger partial charge in [-0.3, -0.25) is 4.79 Å². The summed E-state index contributed by atoms with van der Waals surface area (Å²) in [6, 6.07) is 3.48. The SMILES string of the molecule is COc1cc(OC)c(OC)cc1CNC(=O)CCCNC(=O)OC(C)(C)C. The fourth-order valence-electron chi connectivity index (χ4n) is 2.27. The number of benzene rings is 1. The summed E-state index contributed by atoms with van der Waals surface area (Å²) < 4.78 is 21.0. The Morgan fingerprint density at radius 1 is 0.926 bits per heavy atom. The summed E-state index contributed by atoms with van der Waals surface area (Å²) >= 11 is 0. The Morgan fingerprint density at radius 3 is 2.07 bits per heavy atom. The first kappa shape index (κ1) is 22.4. The number of hydrogen-bond donors (Lipinski definition) is 2. The molecule has 1 aromatic carbocycles. The van der Waals surface area contributed by atoms with Crippen LogP contribution in [0.25, 0.3) is 0 Å². The predicted molar refractivity (Wildman–Crippen MR) is 101 cm³/mol. The molecule has 0 aliphatic carbocycles. The average molecular weight is 382 g/mol. The van der Waals surface area contributed by atoms with E-state index in [1.165, 1.54) is 0 Å². The van der Waals surface area contributed by atoms with Crippen LogP contribution in [0, 0.1) is 0 Å². The van der Waals surface area contributed by atoms with Crippen molar-refractivity contribution < 1.29 is 28.5 Å². The number of carbonyl (C=O) groups excluding carboxylic acids is 2. The first-order chi connectivity index (χ1) is 12.7. The fraction of sp³-hybridized carbons (Fsp3) is 0.579. The largest absolute Gasteiger partial charge is 0.496 e. The molecule has 0 saturated heterocycles. The number of alkyl carbamates (subject to hydrolysis) is 1. The molecule has 0 heterocycles. The summed E-state index contributed by atoms with van der Waals surface area (Å²) in [7, 11) is 4.64. The normalized spacial score (nSPS) is 10.7. The zero-order valence-electron chi connectivity index (χ0n) is 16.9. The third-order valence-corrected chi connectivity index (χ3v) is 3.51. The molecule has 0 saturated carbocycles. The molecule has 152 valence electrons. The fourth-order valence-corrected chi connectivity index (χ4v) is 2.27. The van der Waals surface area contributed by atoms with E-state index in [2.05, 4.69) is 10.6 Å². The lowest BCUT2D eigenvalue weighted by Gasteiger charge is -2.19. The molecule has 0 fully saturated rings. The van der Waals surface area contributed by atoms with Crippen molar-refractivity contribution in [3.63, 3.8) is 0 Å². The van der Waals surface area contributed by atoms with Gasteiger partial charge >= 0.3 is 6.09 Å². The number of ether oxygens (including phenoxy) is 4. The Hall–Kier alpha value is -2.64. The van der Waals surface area contributed by atoms with E-state index < -0.39 is 11.7 Å². The van der Waals surface area contributed by atoms with Crippen molar-refractivity contribution in [2.75, 3.05) is 27.9 Å². The smallest absolute Gasteiger partial charge is 0.407 e. The van der Waals surface area contributed by atoms with E-state index in [9.17, 15) is 9.59 Å². The number of nitrogens with one attached hydrogen (secondary N) is 2. The van der Waals surface area contributed by atoms with Crippen LogP contribution < -0.4 is 24.8 Å². The molecule has 1 rings (SSSR count). The molecule has 0 aliphatic rings. The molecule has 0 aromatic heterocycles. The molecule has 0 radical (unpaired) electrons. The maximum absolute atomic E-state index is 12.0. The molecule has 8 heteroatoms. The van der Waals surface area contributed by atoms with Crippen LogP contribution in [0.15, 0.2) is 12.1 Å². The van der Waals surface area contributed by atoms with Crippen molar-refractivity contribution in [3.8, 4) is 17.2 Å². The van der Waals surface area contributed by atoms with E-state index in [1.807, 2.05) is 0 Å². The van der Waals surface area contributed by atoms with E-state index >= 15 is 0 Å². The third-order valence-electron chi connectivity index (χ3n) is 3.51. The van der Waals surface area contributed by atoms with Crippen molar-refractivity contribution in [2.45, 2.75) is 45.8 Å². The van der Waals surface area contributed by atoms with Crippen LogP contribution in [0.4, 0.5) is 4.79 Å². The van der Waals surface area contributed by atoms with Gasteiger partial charge in [0.05, 0.1) is 21.3 Å². The van der Waals surface area contributed by atoms with Crippen molar-refractivity contribution in [1.29, 1.82) is 0 Å². The maximum Gasteiger partial charge on any atom is 0.407 e.